The number of pyridine rings is 1. The van der Waals surface area contributed by atoms with Crippen molar-refractivity contribution in [2.24, 2.45) is 5.92 Å². The number of nitrogens with zero attached hydrogens (tertiary/aromatic N) is 3. The maximum Gasteiger partial charge on any atom is 0.417 e. The van der Waals surface area contributed by atoms with Crippen LogP contribution in [-0.4, -0.2) is 45.8 Å². The third-order valence-electron chi connectivity index (χ3n) is 5.71. The number of aromatic nitrogens is 2. The zero-order chi connectivity index (χ0) is 26.0. The Kier molecular flexibility index (Phi) is 7.98. The minimum atomic E-state index is -4.52. The molecule has 11 heteroatoms. The monoisotopic (exact) mass is 514 g/mol. The topological polar surface area (TPSA) is 58.1 Å². The molecule has 1 aliphatic heterocycles. The number of halogens is 5. The van der Waals surface area contributed by atoms with Gasteiger partial charge in [-0.1, -0.05) is 32.6 Å². The third-order valence-corrected chi connectivity index (χ3v) is 6.75. The number of piperidine rings is 1. The number of aryl methyl sites for hydroxylation is 1. The van der Waals surface area contributed by atoms with Crippen molar-refractivity contribution in [1.29, 1.82) is 0 Å². The standard InChI is InChI=1S/C24H27F5N4OS/c1-5-6-7-14(2)21-20(32-16(4)35-21)22(34)33-13-23(25,26)10-15(3)18(33)12-31-19-9-8-17(11-30-19)24(27,28)29/h6-9,11,15,18H,2,5,10,12-13H2,1,3-4H3,(H,30,31)/b7-6-. The van der Waals surface area contributed by atoms with E-state index >= 15 is 0 Å². The highest BCUT2D eigenvalue weighted by Gasteiger charge is 2.46. The number of allylic oxidation sites excluding steroid dienone is 3. The fraction of sp³-hybridized carbons (Fsp3) is 0.458. The molecule has 0 bridgehead atoms. The fourth-order valence-electron chi connectivity index (χ4n) is 4.02. The van der Waals surface area contributed by atoms with E-state index in [-0.39, 0.29) is 18.1 Å². The Balaban J connectivity index is 1.86. The first-order valence-electron chi connectivity index (χ1n) is 11.1. The smallest absolute Gasteiger partial charge is 0.368 e. The molecular weight excluding hydrogens is 487 g/mol. The van der Waals surface area contributed by atoms with Gasteiger partial charge in [0.1, 0.15) is 11.5 Å². The van der Waals surface area contributed by atoms with Gasteiger partial charge in [0.05, 0.1) is 28.0 Å². The Bertz CT molecular complexity index is 1090. The summed E-state index contributed by atoms with van der Waals surface area (Å²) >= 11 is 1.27. The summed E-state index contributed by atoms with van der Waals surface area (Å²) in [6.07, 6.45) is 0.181. The van der Waals surface area contributed by atoms with Gasteiger partial charge in [-0.2, -0.15) is 13.2 Å². The van der Waals surface area contributed by atoms with E-state index in [0.717, 1.165) is 17.4 Å². The van der Waals surface area contributed by atoms with Gasteiger partial charge in [0.25, 0.3) is 11.8 Å². The van der Waals surface area contributed by atoms with Crippen LogP contribution < -0.4 is 5.32 Å². The van der Waals surface area contributed by atoms with Crippen LogP contribution in [0.2, 0.25) is 0 Å². The number of anilines is 1. The number of carbonyl (C=O) groups excluding carboxylic acids is 1. The van der Waals surface area contributed by atoms with Crippen molar-refractivity contribution in [2.45, 2.75) is 51.8 Å². The highest BCUT2D eigenvalue weighted by molar-refractivity contribution is 7.13. The molecule has 35 heavy (non-hydrogen) atoms. The summed E-state index contributed by atoms with van der Waals surface area (Å²) < 4.78 is 67.4. The number of amides is 1. The van der Waals surface area contributed by atoms with Crippen molar-refractivity contribution >= 4 is 28.6 Å². The molecule has 190 valence electrons. The lowest BCUT2D eigenvalue weighted by molar-refractivity contribution is -0.137. The number of likely N-dealkylation sites (tertiary alicyclic amines) is 1. The second-order valence-corrected chi connectivity index (χ2v) is 9.80. The summed E-state index contributed by atoms with van der Waals surface area (Å²) in [6.45, 7) is 8.55. The average molecular weight is 515 g/mol. The lowest BCUT2D eigenvalue weighted by Gasteiger charge is -2.43. The molecule has 5 nitrogen and oxygen atoms in total. The van der Waals surface area contributed by atoms with Gasteiger partial charge < -0.3 is 10.2 Å². The van der Waals surface area contributed by atoms with Crippen molar-refractivity contribution < 1.29 is 26.7 Å². The SMILES string of the molecule is C=C(/C=C\CC)c1sc(C)nc1C(=O)N1CC(F)(F)CC(C)C1CNc1ccc(C(F)(F)F)cn1. The van der Waals surface area contributed by atoms with Crippen molar-refractivity contribution in [1.82, 2.24) is 14.9 Å². The Morgan fingerprint density at radius 1 is 1.37 bits per heavy atom. The van der Waals surface area contributed by atoms with Gasteiger partial charge in [0.2, 0.25) is 0 Å². The van der Waals surface area contributed by atoms with E-state index in [2.05, 4.69) is 21.9 Å². The highest BCUT2D eigenvalue weighted by Crippen LogP contribution is 2.37. The molecule has 0 aromatic carbocycles. The second-order valence-electron chi connectivity index (χ2n) is 8.60. The van der Waals surface area contributed by atoms with Crippen LogP contribution in [0, 0.1) is 12.8 Å². The molecule has 2 aromatic rings. The molecule has 0 saturated carbocycles. The Morgan fingerprint density at radius 3 is 2.69 bits per heavy atom. The van der Waals surface area contributed by atoms with E-state index in [1.165, 1.54) is 17.4 Å². The summed E-state index contributed by atoms with van der Waals surface area (Å²) in [5.41, 5.74) is -0.253. The van der Waals surface area contributed by atoms with E-state index in [9.17, 15) is 26.7 Å². The number of rotatable bonds is 7. The molecule has 2 atom stereocenters. The van der Waals surface area contributed by atoms with Gasteiger partial charge >= 0.3 is 6.18 Å². The molecule has 2 unspecified atom stereocenters. The molecule has 2 aromatic heterocycles. The van der Waals surface area contributed by atoms with Gasteiger partial charge in [-0.3, -0.25) is 4.79 Å². The zero-order valence-corrected chi connectivity index (χ0v) is 20.4. The number of hydrogen-bond donors (Lipinski definition) is 1. The zero-order valence-electron chi connectivity index (χ0n) is 19.6. The van der Waals surface area contributed by atoms with Crippen LogP contribution in [0.15, 0.2) is 37.1 Å². The molecule has 0 aliphatic carbocycles. The first-order chi connectivity index (χ1) is 16.3. The molecule has 1 N–H and O–H groups in total. The van der Waals surface area contributed by atoms with E-state index < -0.39 is 48.5 Å². The molecule has 0 spiro atoms. The lowest BCUT2D eigenvalue weighted by Crippen LogP contribution is -2.57. The van der Waals surface area contributed by atoms with Crippen molar-refractivity contribution in [3.8, 4) is 0 Å². The summed E-state index contributed by atoms with van der Waals surface area (Å²) in [5.74, 6) is -4.15. The number of nitrogens with one attached hydrogen (secondary N) is 1. The largest absolute Gasteiger partial charge is 0.417 e. The molecule has 3 rings (SSSR count). The highest BCUT2D eigenvalue weighted by atomic mass is 32.1. The minimum absolute atomic E-state index is 0.0382. The molecule has 1 aliphatic rings. The first-order valence-corrected chi connectivity index (χ1v) is 11.9. The normalized spacial score (nSPS) is 20.3. The predicted molar refractivity (Wildman–Crippen MR) is 127 cm³/mol. The molecule has 1 fully saturated rings. The molecule has 1 amide bonds. The van der Waals surface area contributed by atoms with Crippen LogP contribution in [0.4, 0.5) is 27.8 Å². The predicted octanol–water partition coefficient (Wildman–Crippen LogP) is 6.44. The first kappa shape index (κ1) is 26.8. The van der Waals surface area contributed by atoms with E-state index in [1.807, 2.05) is 13.0 Å². The van der Waals surface area contributed by atoms with Crippen LogP contribution >= 0.6 is 11.3 Å². The molecule has 1 saturated heterocycles. The Labute approximate surface area is 204 Å². The van der Waals surface area contributed by atoms with Crippen LogP contribution in [0.1, 0.15) is 52.6 Å². The van der Waals surface area contributed by atoms with Gasteiger partial charge in [-0.15, -0.1) is 11.3 Å². The van der Waals surface area contributed by atoms with Gasteiger partial charge in [-0.25, -0.2) is 18.7 Å². The average Bonchev–Trinajstić information content (AvgIpc) is 3.16. The maximum absolute atomic E-state index is 14.5. The number of carbonyl (C=O) groups is 1. The third kappa shape index (κ3) is 6.45. The Hall–Kier alpha value is -2.82. The number of thiazole rings is 1. The molecule has 0 radical (unpaired) electrons. The fourth-order valence-corrected chi connectivity index (χ4v) is 4.88. The Morgan fingerprint density at radius 2 is 2.09 bits per heavy atom. The van der Waals surface area contributed by atoms with Gasteiger partial charge in [0.15, 0.2) is 0 Å². The van der Waals surface area contributed by atoms with Crippen molar-refractivity contribution in [3.63, 3.8) is 0 Å². The maximum atomic E-state index is 14.5. The summed E-state index contributed by atoms with van der Waals surface area (Å²) in [4.78, 5) is 23.2. The quantitative estimate of drug-likeness (QED) is 0.341. The molecular formula is C24H27F5N4OS. The van der Waals surface area contributed by atoms with Gasteiger partial charge in [-0.05, 0) is 37.0 Å². The van der Waals surface area contributed by atoms with Crippen LogP contribution in [0.5, 0.6) is 0 Å². The van der Waals surface area contributed by atoms with Crippen molar-refractivity contribution in [2.75, 3.05) is 18.4 Å². The van der Waals surface area contributed by atoms with E-state index in [0.29, 0.717) is 21.7 Å². The molecule has 3 heterocycles. The van der Waals surface area contributed by atoms with Crippen molar-refractivity contribution in [3.05, 3.63) is 58.2 Å². The number of hydrogen-bond acceptors (Lipinski definition) is 5. The summed E-state index contributed by atoms with van der Waals surface area (Å²) in [7, 11) is 0. The van der Waals surface area contributed by atoms with Crippen LogP contribution in [0.25, 0.3) is 5.57 Å². The summed E-state index contributed by atoms with van der Waals surface area (Å²) in [6, 6.07) is 1.40. The van der Waals surface area contributed by atoms with E-state index in [4.69, 9.17) is 0 Å². The number of alkyl halides is 5. The van der Waals surface area contributed by atoms with Crippen LogP contribution in [0.3, 0.4) is 0 Å². The summed E-state index contributed by atoms with van der Waals surface area (Å²) in [5, 5.41) is 3.50. The minimum Gasteiger partial charge on any atom is -0.368 e. The van der Waals surface area contributed by atoms with E-state index in [1.54, 1.807) is 19.9 Å². The lowest BCUT2D eigenvalue weighted by atomic mass is 9.88. The van der Waals surface area contributed by atoms with Crippen LogP contribution in [-0.2, 0) is 6.18 Å². The second kappa shape index (κ2) is 10.4. The van der Waals surface area contributed by atoms with Gasteiger partial charge in [0, 0.05) is 19.2 Å².